The van der Waals surface area contributed by atoms with E-state index in [0.29, 0.717) is 42.2 Å². The van der Waals surface area contributed by atoms with Crippen molar-refractivity contribution in [2.45, 2.75) is 57.3 Å². The van der Waals surface area contributed by atoms with Crippen molar-refractivity contribution in [1.29, 1.82) is 0 Å². The Labute approximate surface area is 195 Å². The number of benzene rings is 2. The third-order valence-electron chi connectivity index (χ3n) is 6.35. The Morgan fingerprint density at radius 3 is 2.39 bits per heavy atom. The molecule has 2 aromatic carbocycles. The van der Waals surface area contributed by atoms with Crippen LogP contribution in [0.5, 0.6) is 0 Å². The molecule has 1 fully saturated rings. The van der Waals surface area contributed by atoms with Crippen molar-refractivity contribution in [3.8, 4) is 0 Å². The molecule has 0 bridgehead atoms. The molecule has 1 N–H and O–H groups in total. The number of aromatic nitrogens is 1. The summed E-state index contributed by atoms with van der Waals surface area (Å²) < 4.78 is 32.8. The van der Waals surface area contributed by atoms with Gasteiger partial charge in [-0.15, -0.1) is 0 Å². The van der Waals surface area contributed by atoms with Crippen LogP contribution in [0.15, 0.2) is 45.8 Å². The van der Waals surface area contributed by atoms with Crippen LogP contribution in [0.2, 0.25) is 0 Å². The van der Waals surface area contributed by atoms with E-state index in [1.807, 2.05) is 38.1 Å². The SMILES string of the molecule is Cc1cc2onc(CC(=O)NCCc3ccc(S(=O)(=O)N4CCCCCC4)cc3)c2cc1C. The van der Waals surface area contributed by atoms with Crippen LogP contribution in [0.1, 0.15) is 48.1 Å². The molecule has 4 rings (SSSR count). The molecular formula is C25H31N3O4S. The van der Waals surface area contributed by atoms with Crippen molar-refractivity contribution in [3.63, 3.8) is 0 Å². The summed E-state index contributed by atoms with van der Waals surface area (Å²) in [7, 11) is -3.44. The molecule has 0 radical (unpaired) electrons. The molecule has 0 unspecified atom stereocenters. The van der Waals surface area contributed by atoms with Crippen LogP contribution in [-0.4, -0.2) is 43.4 Å². The van der Waals surface area contributed by atoms with Gasteiger partial charge in [-0.3, -0.25) is 4.79 Å². The molecular weight excluding hydrogens is 438 g/mol. The van der Waals surface area contributed by atoms with E-state index >= 15 is 0 Å². The quantitative estimate of drug-likeness (QED) is 0.566. The van der Waals surface area contributed by atoms with Gasteiger partial charge in [0.2, 0.25) is 15.9 Å². The van der Waals surface area contributed by atoms with Gasteiger partial charge in [0, 0.05) is 25.0 Å². The Morgan fingerprint density at radius 1 is 1.03 bits per heavy atom. The number of carbonyl (C=O) groups is 1. The monoisotopic (exact) mass is 469 g/mol. The molecule has 1 aliphatic heterocycles. The minimum absolute atomic E-state index is 0.121. The van der Waals surface area contributed by atoms with Crippen LogP contribution in [0, 0.1) is 13.8 Å². The van der Waals surface area contributed by atoms with E-state index in [4.69, 9.17) is 4.52 Å². The minimum Gasteiger partial charge on any atom is -0.356 e. The van der Waals surface area contributed by atoms with Gasteiger partial charge in [0.15, 0.2) is 5.58 Å². The summed E-state index contributed by atoms with van der Waals surface area (Å²) in [4.78, 5) is 12.7. The Bertz CT molecular complexity index is 1220. The van der Waals surface area contributed by atoms with E-state index < -0.39 is 10.0 Å². The molecule has 7 nitrogen and oxygen atoms in total. The first-order chi connectivity index (χ1) is 15.8. The maximum atomic E-state index is 12.9. The van der Waals surface area contributed by atoms with Gasteiger partial charge in [-0.2, -0.15) is 4.31 Å². The molecule has 0 saturated carbocycles. The van der Waals surface area contributed by atoms with E-state index in [1.54, 1.807) is 16.4 Å². The number of hydrogen-bond acceptors (Lipinski definition) is 5. The number of amides is 1. The zero-order valence-electron chi connectivity index (χ0n) is 19.3. The zero-order chi connectivity index (χ0) is 23.4. The summed E-state index contributed by atoms with van der Waals surface area (Å²) in [5, 5.41) is 7.85. The third-order valence-corrected chi connectivity index (χ3v) is 8.26. The van der Waals surface area contributed by atoms with Crippen molar-refractivity contribution < 1.29 is 17.7 Å². The van der Waals surface area contributed by atoms with Crippen molar-refractivity contribution in [2.75, 3.05) is 19.6 Å². The highest BCUT2D eigenvalue weighted by Crippen LogP contribution is 2.23. The first-order valence-electron chi connectivity index (χ1n) is 11.6. The molecule has 8 heteroatoms. The number of rotatable bonds is 7. The molecule has 3 aromatic rings. The fraction of sp³-hybridized carbons (Fsp3) is 0.440. The standard InChI is InChI=1S/C25H31N3O4S/c1-18-15-22-23(27-32-24(22)16-19(18)2)17-25(29)26-12-11-20-7-9-21(10-8-20)33(30,31)28-13-5-3-4-6-14-28/h7-10,15-16H,3-6,11-14,17H2,1-2H3,(H,26,29). The lowest BCUT2D eigenvalue weighted by molar-refractivity contribution is -0.120. The predicted molar refractivity (Wildman–Crippen MR) is 128 cm³/mol. The van der Waals surface area contributed by atoms with Gasteiger partial charge in [-0.05, 0) is 74.1 Å². The normalized spacial score (nSPS) is 15.5. The molecule has 1 aliphatic rings. The summed E-state index contributed by atoms with van der Waals surface area (Å²) in [6, 6.07) is 10.9. The van der Waals surface area contributed by atoms with Crippen LogP contribution in [0.3, 0.4) is 0 Å². The number of hydrogen-bond donors (Lipinski definition) is 1. The molecule has 0 aliphatic carbocycles. The molecule has 1 saturated heterocycles. The van der Waals surface area contributed by atoms with E-state index in [9.17, 15) is 13.2 Å². The summed E-state index contributed by atoms with van der Waals surface area (Å²) in [6.07, 6.45) is 4.78. The van der Waals surface area contributed by atoms with Gasteiger partial charge in [-0.25, -0.2) is 8.42 Å². The number of fused-ring (bicyclic) bond motifs is 1. The van der Waals surface area contributed by atoms with Crippen LogP contribution in [-0.2, 0) is 27.7 Å². The smallest absolute Gasteiger partial charge is 0.243 e. The number of sulfonamides is 1. The highest BCUT2D eigenvalue weighted by molar-refractivity contribution is 7.89. The lowest BCUT2D eigenvalue weighted by Gasteiger charge is -2.20. The van der Waals surface area contributed by atoms with Gasteiger partial charge < -0.3 is 9.84 Å². The van der Waals surface area contributed by atoms with Gasteiger partial charge in [0.05, 0.1) is 11.3 Å². The highest BCUT2D eigenvalue weighted by atomic mass is 32.2. The molecule has 33 heavy (non-hydrogen) atoms. The zero-order valence-corrected chi connectivity index (χ0v) is 20.1. The molecule has 1 amide bonds. The maximum Gasteiger partial charge on any atom is 0.243 e. The summed E-state index contributed by atoms with van der Waals surface area (Å²) in [6.45, 7) is 5.69. The van der Waals surface area contributed by atoms with Crippen molar-refractivity contribution >= 4 is 26.9 Å². The van der Waals surface area contributed by atoms with Crippen LogP contribution in [0.25, 0.3) is 11.0 Å². The fourth-order valence-corrected chi connectivity index (χ4v) is 5.71. The van der Waals surface area contributed by atoms with E-state index in [0.717, 1.165) is 47.8 Å². The summed E-state index contributed by atoms with van der Waals surface area (Å²) in [5.41, 5.74) is 4.56. The molecule has 1 aromatic heterocycles. The number of nitrogens with zero attached hydrogens (tertiary/aromatic N) is 2. The van der Waals surface area contributed by atoms with Crippen LogP contribution >= 0.6 is 0 Å². The van der Waals surface area contributed by atoms with E-state index in [2.05, 4.69) is 10.5 Å². The Balaban J connectivity index is 1.31. The van der Waals surface area contributed by atoms with Crippen LogP contribution < -0.4 is 5.32 Å². The van der Waals surface area contributed by atoms with E-state index in [-0.39, 0.29) is 12.3 Å². The Hall–Kier alpha value is -2.71. The van der Waals surface area contributed by atoms with Crippen molar-refractivity contribution in [3.05, 3.63) is 58.8 Å². The minimum atomic E-state index is -3.44. The second-order valence-corrected chi connectivity index (χ2v) is 10.7. The lowest BCUT2D eigenvalue weighted by Crippen LogP contribution is -2.31. The second-order valence-electron chi connectivity index (χ2n) is 8.80. The lowest BCUT2D eigenvalue weighted by atomic mass is 10.1. The number of aryl methyl sites for hydroxylation is 2. The summed E-state index contributed by atoms with van der Waals surface area (Å²) >= 11 is 0. The fourth-order valence-electron chi connectivity index (χ4n) is 4.19. The van der Waals surface area contributed by atoms with Crippen molar-refractivity contribution in [1.82, 2.24) is 14.8 Å². The Morgan fingerprint density at radius 2 is 1.70 bits per heavy atom. The van der Waals surface area contributed by atoms with Gasteiger partial charge in [0.1, 0.15) is 5.69 Å². The average molecular weight is 470 g/mol. The van der Waals surface area contributed by atoms with Crippen molar-refractivity contribution in [2.24, 2.45) is 0 Å². The maximum absolute atomic E-state index is 12.9. The first kappa shape index (κ1) is 23.4. The third kappa shape index (κ3) is 5.45. The molecule has 0 atom stereocenters. The predicted octanol–water partition coefficient (Wildman–Crippen LogP) is 3.91. The highest BCUT2D eigenvalue weighted by Gasteiger charge is 2.24. The molecule has 2 heterocycles. The number of nitrogens with one attached hydrogen (secondary N) is 1. The van der Waals surface area contributed by atoms with Gasteiger partial charge >= 0.3 is 0 Å². The van der Waals surface area contributed by atoms with Gasteiger partial charge in [-0.1, -0.05) is 30.1 Å². The first-order valence-corrected chi connectivity index (χ1v) is 13.0. The molecule has 176 valence electrons. The number of carbonyl (C=O) groups excluding carboxylic acids is 1. The van der Waals surface area contributed by atoms with Gasteiger partial charge in [0.25, 0.3) is 0 Å². The van der Waals surface area contributed by atoms with E-state index in [1.165, 1.54) is 0 Å². The average Bonchev–Trinajstić information content (AvgIpc) is 3.00. The largest absolute Gasteiger partial charge is 0.356 e. The van der Waals surface area contributed by atoms with Crippen LogP contribution in [0.4, 0.5) is 0 Å². The topological polar surface area (TPSA) is 92.5 Å². The Kier molecular flexibility index (Phi) is 7.14. The summed E-state index contributed by atoms with van der Waals surface area (Å²) in [5.74, 6) is -0.121. The second kappa shape index (κ2) is 10.1. The molecule has 0 spiro atoms.